The van der Waals surface area contributed by atoms with Crippen LogP contribution in [0.5, 0.6) is 5.75 Å². The van der Waals surface area contributed by atoms with Crippen molar-refractivity contribution >= 4 is 5.91 Å². The van der Waals surface area contributed by atoms with Gasteiger partial charge in [-0.15, -0.1) is 0 Å². The quantitative estimate of drug-likeness (QED) is 0.836. The average Bonchev–Trinajstić information content (AvgIpc) is 2.96. The van der Waals surface area contributed by atoms with Crippen molar-refractivity contribution in [3.63, 3.8) is 0 Å². The standard InChI is InChI=1S/C16H24N2O2/c1-12(2)13-5-3-7-15(9-13)20-11-16(19)18-10-14-6-4-8-17-14/h3,5,7,9,12,14,17H,4,6,8,10-11H2,1-2H3,(H,18,19). The second-order valence-corrected chi connectivity index (χ2v) is 5.61. The van der Waals surface area contributed by atoms with Gasteiger partial charge in [0, 0.05) is 12.6 Å². The molecule has 2 N–H and O–H groups in total. The van der Waals surface area contributed by atoms with E-state index < -0.39 is 0 Å². The van der Waals surface area contributed by atoms with E-state index in [0.717, 1.165) is 18.7 Å². The van der Waals surface area contributed by atoms with Gasteiger partial charge >= 0.3 is 0 Å². The van der Waals surface area contributed by atoms with Crippen LogP contribution in [-0.4, -0.2) is 31.6 Å². The predicted molar refractivity (Wildman–Crippen MR) is 80.1 cm³/mol. The summed E-state index contributed by atoms with van der Waals surface area (Å²) in [4.78, 5) is 11.7. The first kappa shape index (κ1) is 14.9. The number of carbonyl (C=O) groups is 1. The van der Waals surface area contributed by atoms with Crippen molar-refractivity contribution in [1.82, 2.24) is 10.6 Å². The normalized spacial score (nSPS) is 18.2. The molecule has 20 heavy (non-hydrogen) atoms. The van der Waals surface area contributed by atoms with Gasteiger partial charge in [-0.05, 0) is 43.0 Å². The third-order valence-corrected chi connectivity index (χ3v) is 3.60. The summed E-state index contributed by atoms with van der Waals surface area (Å²) in [5.74, 6) is 1.15. The van der Waals surface area contributed by atoms with Crippen molar-refractivity contribution in [3.8, 4) is 5.75 Å². The summed E-state index contributed by atoms with van der Waals surface area (Å²) in [5.41, 5.74) is 1.22. The van der Waals surface area contributed by atoms with Gasteiger partial charge in [-0.25, -0.2) is 0 Å². The van der Waals surface area contributed by atoms with Crippen LogP contribution < -0.4 is 15.4 Å². The lowest BCUT2D eigenvalue weighted by atomic mass is 10.0. The Bertz CT molecular complexity index is 440. The molecular weight excluding hydrogens is 252 g/mol. The zero-order chi connectivity index (χ0) is 14.4. The first-order chi connectivity index (χ1) is 9.65. The van der Waals surface area contributed by atoms with Crippen LogP contribution in [0.2, 0.25) is 0 Å². The van der Waals surface area contributed by atoms with Crippen LogP contribution in [0.1, 0.15) is 38.2 Å². The Balaban J connectivity index is 1.73. The molecule has 0 bridgehead atoms. The Labute approximate surface area is 120 Å². The summed E-state index contributed by atoms with van der Waals surface area (Å²) in [6.45, 7) is 6.10. The zero-order valence-electron chi connectivity index (χ0n) is 12.3. The van der Waals surface area contributed by atoms with Crippen LogP contribution in [0.15, 0.2) is 24.3 Å². The number of hydrogen-bond donors (Lipinski definition) is 2. The zero-order valence-corrected chi connectivity index (χ0v) is 12.3. The van der Waals surface area contributed by atoms with Crippen molar-refractivity contribution in [2.24, 2.45) is 0 Å². The molecule has 1 heterocycles. The van der Waals surface area contributed by atoms with Gasteiger partial charge in [0.2, 0.25) is 0 Å². The molecule has 0 radical (unpaired) electrons. The summed E-state index contributed by atoms with van der Waals surface area (Å²) < 4.78 is 5.54. The van der Waals surface area contributed by atoms with Gasteiger partial charge in [-0.1, -0.05) is 26.0 Å². The van der Waals surface area contributed by atoms with Gasteiger partial charge in [0.05, 0.1) is 0 Å². The van der Waals surface area contributed by atoms with Crippen molar-refractivity contribution in [2.75, 3.05) is 19.7 Å². The van der Waals surface area contributed by atoms with Gasteiger partial charge in [0.25, 0.3) is 5.91 Å². The highest BCUT2D eigenvalue weighted by Gasteiger charge is 2.14. The summed E-state index contributed by atoms with van der Waals surface area (Å²) in [6.07, 6.45) is 2.33. The number of rotatable bonds is 6. The molecule has 1 aliphatic heterocycles. The monoisotopic (exact) mass is 276 g/mol. The molecule has 1 atom stereocenters. The number of amides is 1. The summed E-state index contributed by atoms with van der Waals surface area (Å²) in [6, 6.07) is 8.34. The maximum atomic E-state index is 11.7. The van der Waals surface area contributed by atoms with Crippen molar-refractivity contribution in [3.05, 3.63) is 29.8 Å². The van der Waals surface area contributed by atoms with Crippen molar-refractivity contribution < 1.29 is 9.53 Å². The van der Waals surface area contributed by atoms with Gasteiger partial charge < -0.3 is 15.4 Å². The molecular formula is C16H24N2O2. The molecule has 1 unspecified atom stereocenters. The number of nitrogens with one attached hydrogen (secondary N) is 2. The van der Waals surface area contributed by atoms with E-state index in [4.69, 9.17) is 4.74 Å². The Kier molecular flexibility index (Phi) is 5.41. The maximum absolute atomic E-state index is 11.7. The van der Waals surface area contributed by atoms with Crippen LogP contribution in [0, 0.1) is 0 Å². The van der Waals surface area contributed by atoms with E-state index in [9.17, 15) is 4.79 Å². The number of ether oxygens (including phenoxy) is 1. The molecule has 1 fully saturated rings. The smallest absolute Gasteiger partial charge is 0.257 e. The Morgan fingerprint density at radius 3 is 3.05 bits per heavy atom. The maximum Gasteiger partial charge on any atom is 0.257 e. The van der Waals surface area contributed by atoms with Crippen LogP contribution in [0.3, 0.4) is 0 Å². The molecule has 1 saturated heterocycles. The first-order valence-electron chi connectivity index (χ1n) is 7.38. The average molecular weight is 276 g/mol. The Morgan fingerprint density at radius 2 is 2.35 bits per heavy atom. The molecule has 1 aromatic rings. The van der Waals surface area contributed by atoms with Gasteiger partial charge in [-0.2, -0.15) is 0 Å². The Hall–Kier alpha value is -1.55. The summed E-state index contributed by atoms with van der Waals surface area (Å²) in [7, 11) is 0. The third-order valence-electron chi connectivity index (χ3n) is 3.60. The summed E-state index contributed by atoms with van der Waals surface area (Å²) >= 11 is 0. The molecule has 1 aliphatic rings. The van der Waals surface area contributed by atoms with Crippen molar-refractivity contribution in [2.45, 2.75) is 38.6 Å². The van der Waals surface area contributed by atoms with E-state index in [1.807, 2.05) is 18.2 Å². The topological polar surface area (TPSA) is 50.4 Å². The molecule has 1 amide bonds. The highest BCUT2D eigenvalue weighted by molar-refractivity contribution is 5.77. The van der Waals surface area contributed by atoms with E-state index in [0.29, 0.717) is 18.5 Å². The van der Waals surface area contributed by atoms with Crippen LogP contribution in [0.4, 0.5) is 0 Å². The molecule has 0 aromatic heterocycles. The van der Waals surface area contributed by atoms with Crippen LogP contribution in [0.25, 0.3) is 0 Å². The molecule has 2 rings (SSSR count). The highest BCUT2D eigenvalue weighted by Crippen LogP contribution is 2.19. The molecule has 1 aromatic carbocycles. The fraction of sp³-hybridized carbons (Fsp3) is 0.562. The minimum absolute atomic E-state index is 0.0614. The molecule has 4 heteroatoms. The number of hydrogen-bond acceptors (Lipinski definition) is 3. The van der Waals surface area contributed by atoms with Gasteiger partial charge in [0.1, 0.15) is 5.75 Å². The Morgan fingerprint density at radius 1 is 1.50 bits per heavy atom. The van der Waals surface area contributed by atoms with E-state index in [-0.39, 0.29) is 12.5 Å². The lowest BCUT2D eigenvalue weighted by molar-refractivity contribution is -0.123. The molecule has 4 nitrogen and oxygen atoms in total. The lowest BCUT2D eigenvalue weighted by Gasteiger charge is -2.13. The largest absolute Gasteiger partial charge is 0.484 e. The fourth-order valence-corrected chi connectivity index (χ4v) is 2.33. The van der Waals surface area contributed by atoms with Crippen molar-refractivity contribution in [1.29, 1.82) is 0 Å². The second kappa shape index (κ2) is 7.29. The first-order valence-corrected chi connectivity index (χ1v) is 7.38. The number of carbonyl (C=O) groups excluding carboxylic acids is 1. The molecule has 110 valence electrons. The van der Waals surface area contributed by atoms with E-state index >= 15 is 0 Å². The molecule has 0 saturated carbocycles. The fourth-order valence-electron chi connectivity index (χ4n) is 2.33. The van der Waals surface area contributed by atoms with Gasteiger partial charge in [-0.3, -0.25) is 4.79 Å². The minimum Gasteiger partial charge on any atom is -0.484 e. The van der Waals surface area contributed by atoms with Gasteiger partial charge in [0.15, 0.2) is 6.61 Å². The number of benzene rings is 1. The molecule has 0 spiro atoms. The second-order valence-electron chi connectivity index (χ2n) is 5.61. The molecule has 0 aliphatic carbocycles. The van der Waals surface area contributed by atoms with E-state index in [1.54, 1.807) is 0 Å². The predicted octanol–water partition coefficient (Wildman–Crippen LogP) is 2.06. The SMILES string of the molecule is CC(C)c1cccc(OCC(=O)NCC2CCCN2)c1. The van der Waals surface area contributed by atoms with Crippen LogP contribution >= 0.6 is 0 Å². The highest BCUT2D eigenvalue weighted by atomic mass is 16.5. The van der Waals surface area contributed by atoms with E-state index in [2.05, 4.69) is 30.5 Å². The third kappa shape index (κ3) is 4.53. The minimum atomic E-state index is -0.0614. The summed E-state index contributed by atoms with van der Waals surface area (Å²) in [5, 5.41) is 6.26. The van der Waals surface area contributed by atoms with E-state index in [1.165, 1.54) is 12.0 Å². The lowest BCUT2D eigenvalue weighted by Crippen LogP contribution is -2.39. The van der Waals surface area contributed by atoms with Crippen LogP contribution in [-0.2, 0) is 4.79 Å².